The number of ether oxygens (including phenoxy) is 1. The van der Waals surface area contributed by atoms with Crippen LogP contribution in [0.1, 0.15) is 32.7 Å². The number of nitrogens with zero attached hydrogens (tertiary/aromatic N) is 2. The summed E-state index contributed by atoms with van der Waals surface area (Å²) in [7, 11) is 0. The zero-order valence-electron chi connectivity index (χ0n) is 10.6. The first-order valence-electron chi connectivity index (χ1n) is 6.14. The molecule has 1 aliphatic rings. The van der Waals surface area contributed by atoms with Crippen molar-refractivity contribution in [2.45, 2.75) is 51.5 Å². The number of carboxylic acid groups (broad SMARTS) is 1. The van der Waals surface area contributed by atoms with Gasteiger partial charge in [0.2, 0.25) is 0 Å². The van der Waals surface area contributed by atoms with Crippen molar-refractivity contribution >= 4 is 5.97 Å². The highest BCUT2D eigenvalue weighted by atomic mass is 16.5. The largest absolute Gasteiger partial charge is 0.479 e. The Bertz CT molecular complexity index is 489. The zero-order chi connectivity index (χ0) is 13.3. The van der Waals surface area contributed by atoms with E-state index < -0.39 is 12.1 Å². The van der Waals surface area contributed by atoms with Gasteiger partial charge in [0.15, 0.2) is 6.10 Å². The second-order valence-corrected chi connectivity index (χ2v) is 4.90. The number of rotatable bonds is 4. The lowest BCUT2D eigenvalue weighted by molar-refractivity contribution is -0.149. The smallest absolute Gasteiger partial charge is 0.332 e. The zero-order valence-corrected chi connectivity index (χ0v) is 10.6. The molecule has 1 fully saturated rings. The van der Waals surface area contributed by atoms with Crippen molar-refractivity contribution in [3.63, 3.8) is 0 Å². The molecule has 18 heavy (non-hydrogen) atoms. The lowest BCUT2D eigenvalue weighted by Gasteiger charge is -2.11. The number of carbonyl (C=O) groups is 1. The van der Waals surface area contributed by atoms with Gasteiger partial charge in [-0.25, -0.2) is 9.59 Å². The van der Waals surface area contributed by atoms with Gasteiger partial charge in [-0.15, -0.1) is 0 Å². The van der Waals surface area contributed by atoms with E-state index in [1.807, 2.05) is 13.8 Å². The third-order valence-electron chi connectivity index (χ3n) is 3.21. The van der Waals surface area contributed by atoms with Crippen LogP contribution in [0.4, 0.5) is 0 Å². The summed E-state index contributed by atoms with van der Waals surface area (Å²) in [5.74, 6) is -0.926. The van der Waals surface area contributed by atoms with Crippen molar-refractivity contribution in [1.29, 1.82) is 0 Å². The topological polar surface area (TPSA) is 73.5 Å². The molecule has 0 aliphatic carbocycles. The van der Waals surface area contributed by atoms with Gasteiger partial charge in [-0.2, -0.15) is 0 Å². The molecule has 1 aliphatic heterocycles. The standard InChI is InChI=1S/C12H18N2O4/c1-8(2)14-6-5-13(12(14)17)7-9-3-4-10(18-9)11(15)16/h5-6,8-10H,3-4,7H2,1-2H3,(H,15,16). The Morgan fingerprint density at radius 2 is 2.22 bits per heavy atom. The highest BCUT2D eigenvalue weighted by Crippen LogP contribution is 2.20. The molecule has 1 aromatic rings. The molecule has 0 aromatic carbocycles. The second kappa shape index (κ2) is 4.97. The number of carboxylic acids is 1. The van der Waals surface area contributed by atoms with Crippen molar-refractivity contribution in [2.75, 3.05) is 0 Å². The third kappa shape index (κ3) is 2.48. The van der Waals surface area contributed by atoms with E-state index in [0.29, 0.717) is 19.4 Å². The average Bonchev–Trinajstić information content (AvgIpc) is 2.87. The quantitative estimate of drug-likeness (QED) is 0.865. The van der Waals surface area contributed by atoms with Crippen LogP contribution >= 0.6 is 0 Å². The Morgan fingerprint density at radius 3 is 2.72 bits per heavy atom. The van der Waals surface area contributed by atoms with Crippen LogP contribution in [0, 0.1) is 0 Å². The summed E-state index contributed by atoms with van der Waals surface area (Å²) in [6.07, 6.45) is 3.75. The number of aromatic nitrogens is 2. The normalized spacial score (nSPS) is 23.7. The van der Waals surface area contributed by atoms with Crippen molar-refractivity contribution in [2.24, 2.45) is 0 Å². The van der Waals surface area contributed by atoms with Crippen molar-refractivity contribution in [3.05, 3.63) is 22.9 Å². The van der Waals surface area contributed by atoms with Crippen LogP contribution in [-0.2, 0) is 16.1 Å². The summed E-state index contributed by atoms with van der Waals surface area (Å²) >= 11 is 0. The van der Waals surface area contributed by atoms with Gasteiger partial charge < -0.3 is 9.84 Å². The highest BCUT2D eigenvalue weighted by molar-refractivity contribution is 5.72. The van der Waals surface area contributed by atoms with Crippen LogP contribution in [-0.4, -0.2) is 32.4 Å². The first-order chi connectivity index (χ1) is 8.49. The van der Waals surface area contributed by atoms with Crippen LogP contribution in [0.5, 0.6) is 0 Å². The van der Waals surface area contributed by atoms with E-state index in [1.165, 1.54) is 0 Å². The minimum Gasteiger partial charge on any atom is -0.479 e. The van der Waals surface area contributed by atoms with Crippen LogP contribution in [0.15, 0.2) is 17.2 Å². The predicted octanol–water partition coefficient (Wildman–Crippen LogP) is 0.863. The molecule has 0 radical (unpaired) electrons. The number of aliphatic carboxylic acids is 1. The molecule has 1 N–H and O–H groups in total. The summed E-state index contributed by atoms with van der Waals surface area (Å²) in [5.41, 5.74) is -0.0765. The lowest BCUT2D eigenvalue weighted by atomic mass is 10.2. The van der Waals surface area contributed by atoms with Gasteiger partial charge in [0.05, 0.1) is 12.6 Å². The van der Waals surface area contributed by atoms with Gasteiger partial charge in [0.25, 0.3) is 0 Å². The number of hydrogen-bond acceptors (Lipinski definition) is 3. The van der Waals surface area contributed by atoms with Crippen molar-refractivity contribution in [3.8, 4) is 0 Å². The van der Waals surface area contributed by atoms with Gasteiger partial charge in [0, 0.05) is 18.4 Å². The Hall–Kier alpha value is -1.56. The Kier molecular flexibility index (Phi) is 3.56. The molecule has 100 valence electrons. The van der Waals surface area contributed by atoms with Gasteiger partial charge >= 0.3 is 11.7 Å². The molecule has 0 bridgehead atoms. The maximum absolute atomic E-state index is 12.0. The predicted molar refractivity (Wildman–Crippen MR) is 64.6 cm³/mol. The SMILES string of the molecule is CC(C)n1ccn(CC2CCC(C(=O)O)O2)c1=O. The molecule has 1 aromatic heterocycles. The molecule has 0 spiro atoms. The highest BCUT2D eigenvalue weighted by Gasteiger charge is 2.30. The third-order valence-corrected chi connectivity index (χ3v) is 3.21. The van der Waals surface area contributed by atoms with E-state index in [1.54, 1.807) is 21.5 Å². The molecule has 2 unspecified atom stereocenters. The summed E-state index contributed by atoms with van der Waals surface area (Å²) in [6, 6.07) is 0.120. The minimum absolute atomic E-state index is 0.0765. The van der Waals surface area contributed by atoms with Gasteiger partial charge in [-0.1, -0.05) is 0 Å². The van der Waals surface area contributed by atoms with E-state index in [2.05, 4.69) is 0 Å². The molecule has 0 saturated carbocycles. The second-order valence-electron chi connectivity index (χ2n) is 4.90. The van der Waals surface area contributed by atoms with Gasteiger partial charge in [0.1, 0.15) is 0 Å². The fraction of sp³-hybridized carbons (Fsp3) is 0.667. The minimum atomic E-state index is -0.926. The molecular formula is C12H18N2O4. The molecule has 6 heteroatoms. The summed E-state index contributed by atoms with van der Waals surface area (Å²) in [4.78, 5) is 22.7. The van der Waals surface area contributed by atoms with Crippen molar-refractivity contribution < 1.29 is 14.6 Å². The molecule has 6 nitrogen and oxygen atoms in total. The molecule has 2 atom stereocenters. The monoisotopic (exact) mass is 254 g/mol. The van der Waals surface area contributed by atoms with E-state index >= 15 is 0 Å². The number of hydrogen-bond donors (Lipinski definition) is 1. The van der Waals surface area contributed by atoms with Gasteiger partial charge in [-0.05, 0) is 26.7 Å². The summed E-state index contributed by atoms with van der Waals surface area (Å²) < 4.78 is 8.60. The van der Waals surface area contributed by atoms with Crippen LogP contribution in [0.3, 0.4) is 0 Å². The van der Waals surface area contributed by atoms with Crippen LogP contribution in [0.2, 0.25) is 0 Å². The molecule has 0 amide bonds. The van der Waals surface area contributed by atoms with E-state index in [0.717, 1.165) is 0 Å². The molecule has 1 saturated heterocycles. The van der Waals surface area contributed by atoms with Crippen LogP contribution < -0.4 is 5.69 Å². The van der Waals surface area contributed by atoms with E-state index in [9.17, 15) is 9.59 Å². The molecule has 2 heterocycles. The Morgan fingerprint density at radius 1 is 1.50 bits per heavy atom. The fourth-order valence-corrected chi connectivity index (χ4v) is 2.20. The maximum Gasteiger partial charge on any atom is 0.332 e. The average molecular weight is 254 g/mol. The number of imidazole rings is 1. The fourth-order valence-electron chi connectivity index (χ4n) is 2.20. The Balaban J connectivity index is 2.03. The van der Waals surface area contributed by atoms with Gasteiger partial charge in [-0.3, -0.25) is 9.13 Å². The van der Waals surface area contributed by atoms with E-state index in [4.69, 9.17) is 9.84 Å². The molecule has 2 rings (SSSR count). The summed E-state index contributed by atoms with van der Waals surface area (Å²) in [6.45, 7) is 4.30. The van der Waals surface area contributed by atoms with E-state index in [-0.39, 0.29) is 17.8 Å². The molecular weight excluding hydrogens is 236 g/mol. The lowest BCUT2D eigenvalue weighted by Crippen LogP contribution is -2.30. The van der Waals surface area contributed by atoms with Crippen LogP contribution in [0.25, 0.3) is 0 Å². The first-order valence-corrected chi connectivity index (χ1v) is 6.14. The van der Waals surface area contributed by atoms with Crippen molar-refractivity contribution in [1.82, 2.24) is 9.13 Å². The maximum atomic E-state index is 12.0. The Labute approximate surface area is 105 Å². The summed E-state index contributed by atoms with van der Waals surface area (Å²) in [5, 5.41) is 8.83. The first kappa shape index (κ1) is 12.9.